The van der Waals surface area contributed by atoms with Crippen LogP contribution in [0.15, 0.2) is 35.1 Å². The maximum Gasteiger partial charge on any atom is 0.143 e. The molecule has 7 heteroatoms. The smallest absolute Gasteiger partial charge is 0.143 e. The monoisotopic (exact) mass is 328 g/mol. The first-order valence-electron chi connectivity index (χ1n) is 5.48. The molecule has 0 bridgehead atoms. The van der Waals surface area contributed by atoms with E-state index in [1.54, 1.807) is 6.07 Å². The molecule has 1 heterocycles. The van der Waals surface area contributed by atoms with Gasteiger partial charge in [0.25, 0.3) is 0 Å². The first-order chi connectivity index (χ1) is 9.13. The van der Waals surface area contributed by atoms with E-state index in [1.165, 1.54) is 24.5 Å². The van der Waals surface area contributed by atoms with Crippen LogP contribution in [-0.2, 0) is 6.42 Å². The third-order valence-corrected chi connectivity index (χ3v) is 3.37. The lowest BCUT2D eigenvalue weighted by Gasteiger charge is -2.17. The zero-order valence-corrected chi connectivity index (χ0v) is 11.4. The van der Waals surface area contributed by atoms with E-state index < -0.39 is 17.7 Å². The molecule has 3 N–H and O–H groups in total. The number of nitrogens with one attached hydrogen (secondary N) is 1. The topological polar surface area (TPSA) is 63.8 Å². The van der Waals surface area contributed by atoms with Gasteiger partial charge in [0.1, 0.15) is 11.6 Å². The second-order valence-corrected chi connectivity index (χ2v) is 4.78. The highest BCUT2D eigenvalue weighted by Gasteiger charge is 2.18. The molecule has 1 aromatic heterocycles. The highest BCUT2D eigenvalue weighted by atomic mass is 79.9. The maximum atomic E-state index is 13.9. The Morgan fingerprint density at radius 1 is 1.26 bits per heavy atom. The van der Waals surface area contributed by atoms with Gasteiger partial charge in [-0.25, -0.2) is 8.78 Å². The molecule has 1 atom stereocenters. The fourth-order valence-corrected chi connectivity index (χ4v) is 2.11. The van der Waals surface area contributed by atoms with E-state index in [2.05, 4.69) is 31.6 Å². The molecule has 0 saturated heterocycles. The molecule has 19 heavy (non-hydrogen) atoms. The average molecular weight is 329 g/mol. The lowest BCUT2D eigenvalue weighted by atomic mass is 10.0. The molecule has 0 saturated carbocycles. The number of benzene rings is 1. The SMILES string of the molecule is NNC(Cc1c(F)ccc(Br)c1F)c1ccnnc1. The summed E-state index contributed by atoms with van der Waals surface area (Å²) in [5.74, 6) is 4.20. The van der Waals surface area contributed by atoms with Gasteiger partial charge in [-0.2, -0.15) is 10.2 Å². The van der Waals surface area contributed by atoms with Crippen LogP contribution in [-0.4, -0.2) is 10.2 Å². The van der Waals surface area contributed by atoms with Crippen LogP contribution < -0.4 is 11.3 Å². The van der Waals surface area contributed by atoms with E-state index in [1.807, 2.05) is 0 Å². The van der Waals surface area contributed by atoms with Crippen molar-refractivity contribution in [2.24, 2.45) is 5.84 Å². The number of rotatable bonds is 4. The molecular weight excluding hydrogens is 318 g/mol. The summed E-state index contributed by atoms with van der Waals surface area (Å²) < 4.78 is 27.8. The van der Waals surface area contributed by atoms with Gasteiger partial charge in [-0.3, -0.25) is 11.3 Å². The Bertz CT molecular complexity index is 565. The van der Waals surface area contributed by atoms with Crippen molar-refractivity contribution in [3.05, 3.63) is 57.8 Å². The number of nitrogens with zero attached hydrogens (tertiary/aromatic N) is 2. The quantitative estimate of drug-likeness (QED) is 0.513. The fourth-order valence-electron chi connectivity index (χ4n) is 1.74. The third kappa shape index (κ3) is 3.12. The van der Waals surface area contributed by atoms with E-state index >= 15 is 0 Å². The summed E-state index contributed by atoms with van der Waals surface area (Å²) in [6.07, 6.45) is 3.06. The van der Waals surface area contributed by atoms with Crippen molar-refractivity contribution in [2.75, 3.05) is 0 Å². The summed E-state index contributed by atoms with van der Waals surface area (Å²) in [4.78, 5) is 0. The average Bonchev–Trinajstić information content (AvgIpc) is 2.44. The van der Waals surface area contributed by atoms with Crippen molar-refractivity contribution >= 4 is 15.9 Å². The minimum Gasteiger partial charge on any atom is -0.271 e. The highest BCUT2D eigenvalue weighted by molar-refractivity contribution is 9.10. The second-order valence-electron chi connectivity index (χ2n) is 3.92. The summed E-state index contributed by atoms with van der Waals surface area (Å²) >= 11 is 3.03. The number of hydrogen-bond acceptors (Lipinski definition) is 4. The molecule has 2 rings (SSSR count). The molecule has 0 amide bonds. The van der Waals surface area contributed by atoms with E-state index in [9.17, 15) is 8.78 Å². The van der Waals surface area contributed by atoms with E-state index in [0.717, 1.165) is 0 Å². The summed E-state index contributed by atoms with van der Waals surface area (Å²) in [5.41, 5.74) is 3.20. The molecular formula is C12H11BrF2N4. The number of hydrogen-bond donors (Lipinski definition) is 2. The highest BCUT2D eigenvalue weighted by Crippen LogP contribution is 2.25. The largest absolute Gasteiger partial charge is 0.271 e. The predicted molar refractivity (Wildman–Crippen MR) is 69.9 cm³/mol. The van der Waals surface area contributed by atoms with Gasteiger partial charge in [0.2, 0.25) is 0 Å². The Kier molecular flexibility index (Phi) is 4.52. The van der Waals surface area contributed by atoms with Crippen molar-refractivity contribution in [2.45, 2.75) is 12.5 Å². The Hall–Kier alpha value is -1.44. The summed E-state index contributed by atoms with van der Waals surface area (Å²) in [7, 11) is 0. The van der Waals surface area contributed by atoms with Crippen molar-refractivity contribution in [1.82, 2.24) is 15.6 Å². The van der Waals surface area contributed by atoms with Crippen LogP contribution >= 0.6 is 15.9 Å². The normalized spacial score (nSPS) is 12.4. The number of halogens is 3. The molecule has 4 nitrogen and oxygen atoms in total. The standard InChI is InChI=1S/C12H11BrF2N4/c13-9-1-2-10(14)8(12(9)15)5-11(19-16)7-3-4-17-18-6-7/h1-4,6,11,19H,5,16H2. The lowest BCUT2D eigenvalue weighted by molar-refractivity contribution is 0.496. The van der Waals surface area contributed by atoms with Crippen LogP contribution in [0.1, 0.15) is 17.2 Å². The summed E-state index contributed by atoms with van der Waals surface area (Å²) in [6.45, 7) is 0. The summed E-state index contributed by atoms with van der Waals surface area (Å²) in [5, 5.41) is 7.36. The number of aromatic nitrogens is 2. The van der Waals surface area contributed by atoms with Gasteiger partial charge in [-0.15, -0.1) is 0 Å². The Morgan fingerprint density at radius 2 is 2.05 bits per heavy atom. The molecule has 0 radical (unpaired) electrons. The Balaban J connectivity index is 2.32. The van der Waals surface area contributed by atoms with Crippen LogP contribution in [0.2, 0.25) is 0 Å². The molecule has 1 unspecified atom stereocenters. The molecule has 0 aliphatic carbocycles. The first kappa shape index (κ1) is 14.0. The van der Waals surface area contributed by atoms with E-state index in [-0.39, 0.29) is 16.5 Å². The van der Waals surface area contributed by atoms with Gasteiger partial charge in [0, 0.05) is 11.8 Å². The maximum absolute atomic E-state index is 13.9. The fraction of sp³-hybridized carbons (Fsp3) is 0.167. The van der Waals surface area contributed by atoms with Gasteiger partial charge in [0.15, 0.2) is 0 Å². The van der Waals surface area contributed by atoms with Crippen LogP contribution in [0.3, 0.4) is 0 Å². The van der Waals surface area contributed by atoms with E-state index in [4.69, 9.17) is 5.84 Å². The van der Waals surface area contributed by atoms with Crippen LogP contribution in [0.25, 0.3) is 0 Å². The van der Waals surface area contributed by atoms with Crippen molar-refractivity contribution in [3.63, 3.8) is 0 Å². The van der Waals surface area contributed by atoms with Gasteiger partial charge in [-0.05, 0) is 46.1 Å². The number of hydrazine groups is 1. The minimum absolute atomic E-state index is 0.0332. The molecule has 0 spiro atoms. The van der Waals surface area contributed by atoms with Crippen LogP contribution in [0.4, 0.5) is 8.78 Å². The molecule has 0 aliphatic heterocycles. The lowest BCUT2D eigenvalue weighted by Crippen LogP contribution is -2.30. The molecule has 1 aromatic carbocycles. The zero-order chi connectivity index (χ0) is 13.8. The first-order valence-corrected chi connectivity index (χ1v) is 6.28. The Labute approximate surface area is 117 Å². The van der Waals surface area contributed by atoms with Gasteiger partial charge >= 0.3 is 0 Å². The van der Waals surface area contributed by atoms with Gasteiger partial charge < -0.3 is 0 Å². The van der Waals surface area contributed by atoms with Gasteiger partial charge in [0.05, 0.1) is 16.7 Å². The van der Waals surface area contributed by atoms with Crippen LogP contribution in [0, 0.1) is 11.6 Å². The van der Waals surface area contributed by atoms with Crippen LogP contribution in [0.5, 0.6) is 0 Å². The van der Waals surface area contributed by atoms with E-state index in [0.29, 0.717) is 5.56 Å². The van der Waals surface area contributed by atoms with Crippen molar-refractivity contribution in [3.8, 4) is 0 Å². The molecule has 2 aromatic rings. The second kappa shape index (κ2) is 6.14. The summed E-state index contributed by atoms with van der Waals surface area (Å²) in [6, 6.07) is 3.77. The van der Waals surface area contributed by atoms with Crippen molar-refractivity contribution < 1.29 is 8.78 Å². The third-order valence-electron chi connectivity index (χ3n) is 2.76. The number of nitrogens with two attached hydrogens (primary N) is 1. The molecule has 0 aliphatic rings. The van der Waals surface area contributed by atoms with Gasteiger partial charge in [-0.1, -0.05) is 0 Å². The minimum atomic E-state index is -0.623. The van der Waals surface area contributed by atoms with Crippen molar-refractivity contribution in [1.29, 1.82) is 0 Å². The molecule has 100 valence electrons. The zero-order valence-electron chi connectivity index (χ0n) is 9.78. The Morgan fingerprint density at radius 3 is 2.68 bits per heavy atom. The predicted octanol–water partition coefficient (Wildman–Crippen LogP) is 2.26. The molecule has 0 fully saturated rings.